The van der Waals surface area contributed by atoms with E-state index in [1.807, 2.05) is 25.1 Å². The second kappa shape index (κ2) is 7.15. The molecule has 1 aromatic heterocycles. The molecule has 0 saturated carbocycles. The molecule has 0 bridgehead atoms. The number of aliphatic hydroxyl groups is 1. The number of carbonyl (C=O) groups excluding carboxylic acids is 2. The molecule has 2 aliphatic rings. The third-order valence-electron chi connectivity index (χ3n) is 6.22. The van der Waals surface area contributed by atoms with E-state index in [4.69, 9.17) is 9.15 Å². The number of hydrogen-bond acceptors (Lipinski definition) is 5. The van der Waals surface area contributed by atoms with Crippen molar-refractivity contribution in [3.05, 3.63) is 35.6 Å². The van der Waals surface area contributed by atoms with Gasteiger partial charge in [0.15, 0.2) is 5.76 Å². The quantitative estimate of drug-likeness (QED) is 0.808. The van der Waals surface area contributed by atoms with Crippen LogP contribution in [0.4, 0.5) is 0 Å². The molecule has 4 rings (SSSR count). The first-order chi connectivity index (χ1) is 13.7. The summed E-state index contributed by atoms with van der Waals surface area (Å²) in [4.78, 5) is 26.3. The van der Waals surface area contributed by atoms with E-state index < -0.39 is 11.2 Å². The zero-order valence-electron chi connectivity index (χ0n) is 17.2. The summed E-state index contributed by atoms with van der Waals surface area (Å²) < 4.78 is 11.8. The number of benzene rings is 1. The number of nitrogens with one attached hydrogen (secondary N) is 1. The number of piperidine rings is 1. The van der Waals surface area contributed by atoms with Crippen molar-refractivity contribution < 1.29 is 23.8 Å². The Kier molecular flexibility index (Phi) is 4.91. The number of carbonyl (C=O) groups is 2. The molecule has 29 heavy (non-hydrogen) atoms. The molecule has 0 aliphatic carbocycles. The normalized spacial score (nSPS) is 26.6. The Morgan fingerprint density at radius 2 is 1.97 bits per heavy atom. The average Bonchev–Trinajstić information content (AvgIpc) is 3.08. The Morgan fingerprint density at radius 1 is 1.24 bits per heavy atom. The average molecular weight is 400 g/mol. The fraction of sp³-hybridized carbons (Fsp3) is 0.545. The van der Waals surface area contributed by atoms with Crippen LogP contribution in [-0.2, 0) is 9.53 Å². The fourth-order valence-corrected chi connectivity index (χ4v) is 4.39. The maximum Gasteiger partial charge on any atom is 0.289 e. The minimum absolute atomic E-state index is 0.116. The van der Waals surface area contributed by atoms with Crippen molar-refractivity contribution in [1.82, 2.24) is 10.2 Å². The van der Waals surface area contributed by atoms with E-state index in [2.05, 4.69) is 5.32 Å². The zero-order chi connectivity index (χ0) is 20.8. The largest absolute Gasteiger partial charge is 0.451 e. The van der Waals surface area contributed by atoms with Crippen molar-refractivity contribution in [1.29, 1.82) is 0 Å². The first-order valence-corrected chi connectivity index (χ1v) is 10.1. The van der Waals surface area contributed by atoms with Crippen LogP contribution in [0.1, 0.15) is 49.2 Å². The Labute approximate surface area is 170 Å². The molecule has 3 heterocycles. The van der Waals surface area contributed by atoms with Crippen LogP contribution in [0.2, 0.25) is 0 Å². The van der Waals surface area contributed by atoms with Crippen molar-refractivity contribution in [3.63, 3.8) is 0 Å². The highest BCUT2D eigenvalue weighted by Gasteiger charge is 2.49. The van der Waals surface area contributed by atoms with E-state index in [0.717, 1.165) is 10.9 Å². The molecule has 2 atom stereocenters. The number of hydrogen-bond donors (Lipinski definition) is 2. The summed E-state index contributed by atoms with van der Waals surface area (Å²) in [5.41, 5.74) is 0.299. The molecule has 2 N–H and O–H groups in total. The highest BCUT2D eigenvalue weighted by atomic mass is 16.5. The molecule has 0 unspecified atom stereocenters. The first kappa shape index (κ1) is 19.9. The van der Waals surface area contributed by atoms with Crippen LogP contribution >= 0.6 is 0 Å². The maximum absolute atomic E-state index is 12.9. The number of nitrogens with zero attached hydrogens (tertiary/aromatic N) is 1. The number of ether oxygens (including phenoxy) is 1. The van der Waals surface area contributed by atoms with Gasteiger partial charge < -0.3 is 24.5 Å². The number of fused-ring (bicyclic) bond motifs is 1. The van der Waals surface area contributed by atoms with Crippen molar-refractivity contribution in [2.45, 2.75) is 57.3 Å². The van der Waals surface area contributed by atoms with Crippen molar-refractivity contribution >= 4 is 22.8 Å². The van der Waals surface area contributed by atoms with Gasteiger partial charge in [-0.3, -0.25) is 9.59 Å². The summed E-state index contributed by atoms with van der Waals surface area (Å²) in [7, 11) is 0. The van der Waals surface area contributed by atoms with Gasteiger partial charge in [0, 0.05) is 25.4 Å². The summed E-state index contributed by atoms with van der Waals surface area (Å²) in [5, 5.41) is 14.3. The summed E-state index contributed by atoms with van der Waals surface area (Å²) in [5.74, 6) is 0.0696. The summed E-state index contributed by atoms with van der Waals surface area (Å²) in [6.45, 7) is 6.40. The maximum atomic E-state index is 12.9. The van der Waals surface area contributed by atoms with Gasteiger partial charge in [-0.1, -0.05) is 11.6 Å². The first-order valence-electron chi connectivity index (χ1n) is 10.1. The van der Waals surface area contributed by atoms with Gasteiger partial charge in [0.25, 0.3) is 5.91 Å². The second-order valence-corrected chi connectivity index (χ2v) is 8.73. The molecule has 2 amide bonds. The molecule has 2 fully saturated rings. The van der Waals surface area contributed by atoms with E-state index in [1.54, 1.807) is 17.9 Å². The van der Waals surface area contributed by atoms with Crippen LogP contribution in [0.3, 0.4) is 0 Å². The van der Waals surface area contributed by atoms with Crippen molar-refractivity contribution in [2.24, 2.45) is 0 Å². The monoisotopic (exact) mass is 400 g/mol. The van der Waals surface area contributed by atoms with Crippen LogP contribution in [0.5, 0.6) is 0 Å². The van der Waals surface area contributed by atoms with Crippen LogP contribution in [0.25, 0.3) is 11.0 Å². The third-order valence-corrected chi connectivity index (χ3v) is 6.22. The van der Waals surface area contributed by atoms with Crippen LogP contribution in [0, 0.1) is 6.92 Å². The van der Waals surface area contributed by atoms with Crippen LogP contribution < -0.4 is 5.32 Å². The molecular weight excluding hydrogens is 372 g/mol. The van der Waals surface area contributed by atoms with E-state index in [0.29, 0.717) is 43.7 Å². The zero-order valence-corrected chi connectivity index (χ0v) is 17.2. The predicted octanol–water partition coefficient (Wildman–Crippen LogP) is 2.39. The molecule has 156 valence electrons. The molecule has 7 nitrogen and oxygen atoms in total. The number of likely N-dealkylation sites (tertiary alicyclic amines) is 1. The lowest BCUT2D eigenvalue weighted by atomic mass is 9.77. The molecule has 2 aromatic rings. The van der Waals surface area contributed by atoms with Gasteiger partial charge >= 0.3 is 0 Å². The lowest BCUT2D eigenvalue weighted by Gasteiger charge is -2.50. The summed E-state index contributed by atoms with van der Waals surface area (Å²) in [6, 6.07) is 7.29. The van der Waals surface area contributed by atoms with Gasteiger partial charge in [-0.15, -0.1) is 0 Å². The molecule has 2 saturated heterocycles. The summed E-state index contributed by atoms with van der Waals surface area (Å²) >= 11 is 0. The van der Waals surface area contributed by atoms with Crippen LogP contribution in [-0.4, -0.2) is 58.8 Å². The SMILES string of the molecule is CC(=O)N[C@H]1CC2(CCN(C(=O)c3cc4cc(C)ccc4o3)CC2)OC[C@]1(C)O. The minimum Gasteiger partial charge on any atom is -0.451 e. The lowest BCUT2D eigenvalue weighted by molar-refractivity contribution is -0.191. The van der Waals surface area contributed by atoms with Gasteiger partial charge in [0.05, 0.1) is 18.2 Å². The fourth-order valence-electron chi connectivity index (χ4n) is 4.39. The topological polar surface area (TPSA) is 92.0 Å². The summed E-state index contributed by atoms with van der Waals surface area (Å²) in [6.07, 6.45) is 1.85. The highest BCUT2D eigenvalue weighted by molar-refractivity contribution is 5.96. The van der Waals surface area contributed by atoms with E-state index >= 15 is 0 Å². The Bertz CT molecular complexity index is 940. The highest BCUT2D eigenvalue weighted by Crippen LogP contribution is 2.38. The molecule has 7 heteroatoms. The van der Waals surface area contributed by atoms with Gasteiger partial charge in [-0.05, 0) is 51.3 Å². The molecule has 1 spiro atoms. The minimum atomic E-state index is -1.10. The van der Waals surface area contributed by atoms with E-state index in [-0.39, 0.29) is 24.5 Å². The number of amides is 2. The molecule has 1 aromatic carbocycles. The predicted molar refractivity (Wildman–Crippen MR) is 108 cm³/mol. The standard InChI is InChI=1S/C22H28N2O5/c1-14-4-5-17-16(10-14)11-18(29-17)20(26)24-8-6-22(7-9-24)12-19(23-15(2)25)21(3,27)13-28-22/h4-5,10-11,19,27H,6-9,12-13H2,1-3H3,(H,23,25)/t19-,21-/m0/s1. The van der Waals surface area contributed by atoms with Crippen molar-refractivity contribution in [2.75, 3.05) is 19.7 Å². The number of aryl methyl sites for hydroxylation is 1. The van der Waals surface area contributed by atoms with E-state index in [9.17, 15) is 14.7 Å². The van der Waals surface area contributed by atoms with Crippen molar-refractivity contribution in [3.8, 4) is 0 Å². The van der Waals surface area contributed by atoms with E-state index in [1.165, 1.54) is 6.92 Å². The number of furan rings is 1. The van der Waals surface area contributed by atoms with Gasteiger partial charge in [-0.2, -0.15) is 0 Å². The molecule has 2 aliphatic heterocycles. The Balaban J connectivity index is 1.44. The molecule has 0 radical (unpaired) electrons. The smallest absolute Gasteiger partial charge is 0.289 e. The van der Waals surface area contributed by atoms with Gasteiger partial charge in [0.2, 0.25) is 5.91 Å². The third kappa shape index (κ3) is 3.89. The second-order valence-electron chi connectivity index (χ2n) is 8.73. The van der Waals surface area contributed by atoms with Gasteiger partial charge in [-0.25, -0.2) is 0 Å². The van der Waals surface area contributed by atoms with Crippen LogP contribution in [0.15, 0.2) is 28.7 Å². The lowest BCUT2D eigenvalue weighted by Crippen LogP contribution is -2.63. The number of rotatable bonds is 2. The Morgan fingerprint density at radius 3 is 2.66 bits per heavy atom. The molecular formula is C22H28N2O5. The van der Waals surface area contributed by atoms with Gasteiger partial charge in [0.1, 0.15) is 11.2 Å². The Hall–Kier alpha value is -2.38.